The predicted molar refractivity (Wildman–Crippen MR) is 68.0 cm³/mol. The summed E-state index contributed by atoms with van der Waals surface area (Å²) in [6.45, 7) is 8.57. The van der Waals surface area contributed by atoms with Crippen LogP contribution < -0.4 is 0 Å². The van der Waals surface area contributed by atoms with E-state index in [0.717, 1.165) is 0 Å². The van der Waals surface area contributed by atoms with Crippen molar-refractivity contribution in [3.8, 4) is 0 Å². The fraction of sp³-hybridized carbons (Fsp3) is 0.929. The maximum atomic E-state index is 2.65. The third-order valence-electron chi connectivity index (χ3n) is 3.35. The van der Waals surface area contributed by atoms with Crippen LogP contribution in [0.5, 0.6) is 0 Å². The lowest BCUT2D eigenvalue weighted by atomic mass is 10.0. The van der Waals surface area contributed by atoms with E-state index in [4.69, 9.17) is 0 Å². The number of piperidine rings is 1. The summed E-state index contributed by atoms with van der Waals surface area (Å²) in [4.78, 5) is 2.65. The summed E-state index contributed by atoms with van der Waals surface area (Å²) in [7, 11) is 0. The molecule has 0 amide bonds. The molecule has 0 aromatic heterocycles. The smallest absolute Gasteiger partial charge is 0.00187 e. The summed E-state index contributed by atoms with van der Waals surface area (Å²) in [5.41, 5.74) is 0. The molecule has 0 aromatic carbocycles. The Labute approximate surface area is 96.2 Å². The summed E-state index contributed by atoms with van der Waals surface area (Å²) in [5, 5.41) is 0. The number of rotatable bonds is 7. The Hall–Kier alpha value is -0.0400. The fourth-order valence-electron chi connectivity index (χ4n) is 2.35. The number of hydrogen-bond donors (Lipinski definition) is 0. The van der Waals surface area contributed by atoms with Crippen molar-refractivity contribution < 1.29 is 0 Å². The lowest BCUT2D eigenvalue weighted by molar-refractivity contribution is 0.224. The van der Waals surface area contributed by atoms with E-state index in [1.807, 2.05) is 0 Å². The molecule has 0 N–H and O–H groups in total. The van der Waals surface area contributed by atoms with Gasteiger partial charge in [-0.15, -0.1) is 0 Å². The molecular formula is C14H28N. The zero-order valence-electron chi connectivity index (χ0n) is 10.7. The molecule has 1 rings (SSSR count). The molecule has 1 aliphatic heterocycles. The normalized spacial score (nSPS) is 18.6. The second-order valence-corrected chi connectivity index (χ2v) is 5.27. The van der Waals surface area contributed by atoms with Crippen LogP contribution in [-0.4, -0.2) is 24.5 Å². The fourth-order valence-corrected chi connectivity index (χ4v) is 2.35. The zero-order valence-corrected chi connectivity index (χ0v) is 10.7. The minimum Gasteiger partial charge on any atom is -0.303 e. The van der Waals surface area contributed by atoms with Gasteiger partial charge in [-0.2, -0.15) is 0 Å². The van der Waals surface area contributed by atoms with Gasteiger partial charge in [0, 0.05) is 0 Å². The Morgan fingerprint density at radius 2 is 1.53 bits per heavy atom. The van der Waals surface area contributed by atoms with Crippen LogP contribution in [0.4, 0.5) is 0 Å². The van der Waals surface area contributed by atoms with Crippen LogP contribution in [0.3, 0.4) is 0 Å². The lowest BCUT2D eigenvalue weighted by Crippen LogP contribution is -2.30. The minimum absolute atomic E-state index is 1.34. The highest BCUT2D eigenvalue weighted by Crippen LogP contribution is 2.13. The van der Waals surface area contributed by atoms with Gasteiger partial charge < -0.3 is 4.90 Å². The first kappa shape index (κ1) is 13.0. The Morgan fingerprint density at radius 3 is 2.20 bits per heavy atom. The highest BCUT2D eigenvalue weighted by molar-refractivity contribution is 4.75. The van der Waals surface area contributed by atoms with Gasteiger partial charge in [0.25, 0.3) is 0 Å². The van der Waals surface area contributed by atoms with Crippen molar-refractivity contribution in [2.24, 2.45) is 0 Å². The maximum absolute atomic E-state index is 2.65. The van der Waals surface area contributed by atoms with Crippen LogP contribution in [0.2, 0.25) is 0 Å². The molecule has 0 aromatic rings. The molecule has 1 saturated heterocycles. The van der Waals surface area contributed by atoms with E-state index >= 15 is 0 Å². The molecule has 1 radical (unpaired) electrons. The van der Waals surface area contributed by atoms with Crippen molar-refractivity contribution in [3.05, 3.63) is 5.92 Å². The van der Waals surface area contributed by atoms with Crippen molar-refractivity contribution in [2.75, 3.05) is 19.6 Å². The van der Waals surface area contributed by atoms with Crippen molar-refractivity contribution in [3.63, 3.8) is 0 Å². The second-order valence-electron chi connectivity index (χ2n) is 5.27. The van der Waals surface area contributed by atoms with Crippen molar-refractivity contribution >= 4 is 0 Å². The molecule has 0 spiro atoms. The second kappa shape index (κ2) is 8.15. The molecule has 0 unspecified atom stereocenters. The van der Waals surface area contributed by atoms with Gasteiger partial charge in [0.15, 0.2) is 0 Å². The van der Waals surface area contributed by atoms with Gasteiger partial charge in [-0.05, 0) is 51.2 Å². The van der Waals surface area contributed by atoms with Crippen molar-refractivity contribution in [1.29, 1.82) is 0 Å². The van der Waals surface area contributed by atoms with Crippen LogP contribution in [0, 0.1) is 5.92 Å². The van der Waals surface area contributed by atoms with Gasteiger partial charge in [-0.1, -0.05) is 39.5 Å². The lowest BCUT2D eigenvalue weighted by Gasteiger charge is -2.26. The topological polar surface area (TPSA) is 3.24 Å². The van der Waals surface area contributed by atoms with E-state index in [1.165, 1.54) is 71.0 Å². The van der Waals surface area contributed by atoms with Crippen LogP contribution in [-0.2, 0) is 0 Å². The molecule has 1 fully saturated rings. The number of unbranched alkanes of at least 4 members (excludes halogenated alkanes) is 3. The Balaban J connectivity index is 1.83. The first-order valence-electron chi connectivity index (χ1n) is 6.80. The first-order valence-corrected chi connectivity index (χ1v) is 6.80. The van der Waals surface area contributed by atoms with E-state index in [1.54, 1.807) is 5.92 Å². The molecule has 0 saturated carbocycles. The Kier molecular flexibility index (Phi) is 7.08. The highest BCUT2D eigenvalue weighted by atomic mass is 15.1. The average Bonchev–Trinajstić information content (AvgIpc) is 2.24. The third-order valence-corrected chi connectivity index (χ3v) is 3.35. The largest absolute Gasteiger partial charge is 0.303 e. The van der Waals surface area contributed by atoms with E-state index < -0.39 is 0 Å². The van der Waals surface area contributed by atoms with Crippen molar-refractivity contribution in [1.82, 2.24) is 4.90 Å². The Morgan fingerprint density at radius 1 is 0.867 bits per heavy atom. The Bertz CT molecular complexity index is 136. The standard InChI is InChI=1S/C14H28N/c1-14(2)10-6-3-4-7-11-15-12-8-5-9-13-15/h3-13H2,1-2H3. The van der Waals surface area contributed by atoms with Crippen LogP contribution in [0.1, 0.15) is 65.2 Å². The van der Waals surface area contributed by atoms with Gasteiger partial charge in [0.05, 0.1) is 0 Å². The van der Waals surface area contributed by atoms with Crippen LogP contribution >= 0.6 is 0 Å². The number of nitrogens with zero attached hydrogens (tertiary/aromatic N) is 1. The molecule has 1 heterocycles. The van der Waals surface area contributed by atoms with Gasteiger partial charge in [-0.25, -0.2) is 0 Å². The molecule has 0 aliphatic carbocycles. The van der Waals surface area contributed by atoms with E-state index in [2.05, 4.69) is 18.7 Å². The summed E-state index contributed by atoms with van der Waals surface area (Å²) in [5.74, 6) is 1.59. The SMILES string of the molecule is C[C](C)CCCCCCN1CCCCC1. The molecule has 89 valence electrons. The molecule has 1 aliphatic rings. The van der Waals surface area contributed by atoms with Gasteiger partial charge in [0.2, 0.25) is 0 Å². The van der Waals surface area contributed by atoms with E-state index in [9.17, 15) is 0 Å². The molecule has 15 heavy (non-hydrogen) atoms. The van der Waals surface area contributed by atoms with Crippen LogP contribution in [0.25, 0.3) is 0 Å². The van der Waals surface area contributed by atoms with Gasteiger partial charge in [0.1, 0.15) is 0 Å². The number of likely N-dealkylation sites (tertiary alicyclic amines) is 1. The highest BCUT2D eigenvalue weighted by Gasteiger charge is 2.08. The summed E-state index contributed by atoms with van der Waals surface area (Å²) >= 11 is 0. The zero-order chi connectivity index (χ0) is 10.9. The van der Waals surface area contributed by atoms with Gasteiger partial charge >= 0.3 is 0 Å². The molecule has 0 bridgehead atoms. The predicted octanol–water partition coefficient (Wildman–Crippen LogP) is 4.04. The quantitative estimate of drug-likeness (QED) is 0.573. The van der Waals surface area contributed by atoms with Gasteiger partial charge in [-0.3, -0.25) is 0 Å². The van der Waals surface area contributed by atoms with Crippen molar-refractivity contribution in [2.45, 2.75) is 65.2 Å². The summed E-state index contributed by atoms with van der Waals surface area (Å²) < 4.78 is 0. The summed E-state index contributed by atoms with van der Waals surface area (Å²) in [6.07, 6.45) is 11.4. The monoisotopic (exact) mass is 210 g/mol. The molecule has 1 heteroatoms. The average molecular weight is 210 g/mol. The maximum Gasteiger partial charge on any atom is -0.00187 e. The third kappa shape index (κ3) is 6.94. The van der Waals surface area contributed by atoms with E-state index in [-0.39, 0.29) is 0 Å². The molecule has 0 atom stereocenters. The minimum atomic E-state index is 1.34. The first-order chi connectivity index (χ1) is 7.29. The summed E-state index contributed by atoms with van der Waals surface area (Å²) in [6, 6.07) is 0. The van der Waals surface area contributed by atoms with E-state index in [0.29, 0.717) is 0 Å². The molecule has 1 nitrogen and oxygen atoms in total. The molecular weight excluding hydrogens is 182 g/mol. The van der Waals surface area contributed by atoms with Crippen LogP contribution in [0.15, 0.2) is 0 Å². The number of hydrogen-bond acceptors (Lipinski definition) is 1.